The number of carbonyl (C=O) groups is 3. The van der Waals surface area contributed by atoms with E-state index in [1.54, 1.807) is 30.3 Å². The molecule has 0 spiro atoms. The lowest BCUT2D eigenvalue weighted by Gasteiger charge is -2.14. The third-order valence-corrected chi connectivity index (χ3v) is 4.85. The van der Waals surface area contributed by atoms with Crippen molar-refractivity contribution in [3.8, 4) is 11.5 Å². The third kappa shape index (κ3) is 4.10. The first kappa shape index (κ1) is 20.1. The van der Waals surface area contributed by atoms with Crippen LogP contribution in [0.2, 0.25) is 0 Å². The summed E-state index contributed by atoms with van der Waals surface area (Å²) in [5.74, 6) is -1.01. The number of hydrogen-bond acceptors (Lipinski definition) is 5. The molecule has 144 valence electrons. The second-order valence-electron chi connectivity index (χ2n) is 5.75. The molecule has 2 aromatic carbocycles. The van der Waals surface area contributed by atoms with E-state index in [1.807, 2.05) is 6.07 Å². The fourth-order valence-electron chi connectivity index (χ4n) is 2.59. The molecule has 0 bridgehead atoms. The number of esters is 1. The van der Waals surface area contributed by atoms with Crippen molar-refractivity contribution in [3.05, 3.63) is 56.5 Å². The molecule has 28 heavy (non-hydrogen) atoms. The SMILES string of the molecule is COc1cc(C=C2C(=O)NN(c3cccc(Br)c3)C2=O)cc(Br)c1OC(C)=O. The van der Waals surface area contributed by atoms with E-state index in [1.165, 1.54) is 25.1 Å². The van der Waals surface area contributed by atoms with E-state index in [4.69, 9.17) is 9.47 Å². The molecule has 0 aliphatic carbocycles. The number of anilines is 1. The van der Waals surface area contributed by atoms with Crippen LogP contribution in [0.4, 0.5) is 5.69 Å². The number of rotatable bonds is 4. The number of hydrogen-bond donors (Lipinski definition) is 1. The van der Waals surface area contributed by atoms with E-state index in [0.29, 0.717) is 15.7 Å². The first-order chi connectivity index (χ1) is 13.3. The molecule has 7 nitrogen and oxygen atoms in total. The lowest BCUT2D eigenvalue weighted by Crippen LogP contribution is -2.35. The number of ether oxygens (including phenoxy) is 2. The Balaban J connectivity index is 1.97. The molecular weight excluding hydrogens is 496 g/mol. The summed E-state index contributed by atoms with van der Waals surface area (Å²) in [6.45, 7) is 1.28. The predicted molar refractivity (Wildman–Crippen MR) is 110 cm³/mol. The van der Waals surface area contributed by atoms with Crippen molar-refractivity contribution in [2.45, 2.75) is 6.92 Å². The van der Waals surface area contributed by atoms with Crippen LogP contribution in [0, 0.1) is 0 Å². The van der Waals surface area contributed by atoms with Crippen molar-refractivity contribution < 1.29 is 23.9 Å². The Kier molecular flexibility index (Phi) is 5.85. The van der Waals surface area contributed by atoms with Crippen LogP contribution in [0.15, 0.2) is 50.9 Å². The summed E-state index contributed by atoms with van der Waals surface area (Å²) in [5.41, 5.74) is 3.56. The van der Waals surface area contributed by atoms with Crippen molar-refractivity contribution in [1.29, 1.82) is 0 Å². The van der Waals surface area contributed by atoms with Crippen molar-refractivity contribution in [1.82, 2.24) is 5.43 Å². The first-order valence-electron chi connectivity index (χ1n) is 7.99. The average Bonchev–Trinajstić information content (AvgIpc) is 2.91. The van der Waals surface area contributed by atoms with E-state index in [2.05, 4.69) is 37.3 Å². The Morgan fingerprint density at radius 2 is 1.93 bits per heavy atom. The highest BCUT2D eigenvalue weighted by Gasteiger charge is 2.34. The monoisotopic (exact) mass is 508 g/mol. The molecule has 0 aromatic heterocycles. The summed E-state index contributed by atoms with van der Waals surface area (Å²) in [7, 11) is 1.42. The Labute approximate surface area is 177 Å². The Hall–Kier alpha value is -2.65. The van der Waals surface area contributed by atoms with E-state index in [-0.39, 0.29) is 17.1 Å². The van der Waals surface area contributed by atoms with Gasteiger partial charge in [-0.15, -0.1) is 0 Å². The van der Waals surface area contributed by atoms with Crippen LogP contribution in [0.3, 0.4) is 0 Å². The zero-order valence-electron chi connectivity index (χ0n) is 14.8. The van der Waals surface area contributed by atoms with Gasteiger partial charge in [0.05, 0.1) is 17.3 Å². The number of nitrogens with zero attached hydrogens (tertiary/aromatic N) is 1. The van der Waals surface area contributed by atoms with E-state index >= 15 is 0 Å². The van der Waals surface area contributed by atoms with Crippen LogP contribution < -0.4 is 19.9 Å². The van der Waals surface area contributed by atoms with Gasteiger partial charge >= 0.3 is 5.97 Å². The highest BCUT2D eigenvalue weighted by molar-refractivity contribution is 9.10. The molecule has 1 aliphatic heterocycles. The minimum absolute atomic E-state index is 0.0332. The van der Waals surface area contributed by atoms with Gasteiger partial charge in [-0.05, 0) is 57.9 Å². The number of hydrazine groups is 1. The summed E-state index contributed by atoms with van der Waals surface area (Å²) in [6.07, 6.45) is 1.44. The summed E-state index contributed by atoms with van der Waals surface area (Å²) < 4.78 is 11.6. The Morgan fingerprint density at radius 3 is 2.57 bits per heavy atom. The highest BCUT2D eigenvalue weighted by Crippen LogP contribution is 2.37. The molecule has 0 radical (unpaired) electrons. The van der Waals surface area contributed by atoms with Gasteiger partial charge in [-0.2, -0.15) is 0 Å². The van der Waals surface area contributed by atoms with E-state index in [0.717, 1.165) is 4.47 Å². The number of carbonyl (C=O) groups excluding carboxylic acids is 3. The molecular formula is C19H14Br2N2O5. The Bertz CT molecular complexity index is 1020. The fourth-order valence-corrected chi connectivity index (χ4v) is 3.51. The molecule has 1 fully saturated rings. The standard InChI is InChI=1S/C19H14Br2N2O5/c1-10(24)28-17-15(21)7-11(8-16(17)27-2)6-14-18(25)22-23(19(14)26)13-5-3-4-12(20)9-13/h3-9H,1-2H3,(H,22,25). The molecule has 2 aromatic rings. The average molecular weight is 510 g/mol. The molecule has 3 rings (SSSR count). The van der Waals surface area contributed by atoms with E-state index in [9.17, 15) is 14.4 Å². The second kappa shape index (κ2) is 8.15. The van der Waals surface area contributed by atoms with Gasteiger partial charge in [-0.1, -0.05) is 22.0 Å². The predicted octanol–water partition coefficient (Wildman–Crippen LogP) is 3.61. The molecule has 9 heteroatoms. The topological polar surface area (TPSA) is 84.9 Å². The number of nitrogens with one attached hydrogen (secondary N) is 1. The van der Waals surface area contributed by atoms with Gasteiger partial charge in [-0.3, -0.25) is 19.8 Å². The second-order valence-corrected chi connectivity index (χ2v) is 7.52. The number of methoxy groups -OCH3 is 1. The van der Waals surface area contributed by atoms with Crippen molar-refractivity contribution in [2.24, 2.45) is 0 Å². The Morgan fingerprint density at radius 1 is 1.18 bits per heavy atom. The largest absolute Gasteiger partial charge is 0.493 e. The maximum atomic E-state index is 12.7. The zero-order chi connectivity index (χ0) is 20.4. The third-order valence-electron chi connectivity index (χ3n) is 3.77. The maximum Gasteiger partial charge on any atom is 0.308 e. The van der Waals surface area contributed by atoms with Gasteiger partial charge in [0.1, 0.15) is 5.57 Å². The molecule has 1 N–H and O–H groups in total. The lowest BCUT2D eigenvalue weighted by molar-refractivity contribution is -0.132. The molecule has 0 atom stereocenters. The molecule has 2 amide bonds. The number of halogens is 2. The first-order valence-corrected chi connectivity index (χ1v) is 9.57. The van der Waals surface area contributed by atoms with Crippen molar-refractivity contribution >= 4 is 61.4 Å². The molecule has 1 saturated heterocycles. The highest BCUT2D eigenvalue weighted by atomic mass is 79.9. The van der Waals surface area contributed by atoms with Crippen LogP contribution in [0.25, 0.3) is 6.08 Å². The summed E-state index contributed by atoms with van der Waals surface area (Å²) in [4.78, 5) is 36.3. The van der Waals surface area contributed by atoms with Crippen molar-refractivity contribution in [2.75, 3.05) is 12.1 Å². The van der Waals surface area contributed by atoms with Crippen LogP contribution in [0.5, 0.6) is 11.5 Å². The van der Waals surface area contributed by atoms with Gasteiger partial charge in [0.15, 0.2) is 11.5 Å². The number of benzene rings is 2. The summed E-state index contributed by atoms with van der Waals surface area (Å²) in [5, 5.41) is 1.18. The van der Waals surface area contributed by atoms with Crippen LogP contribution in [-0.2, 0) is 14.4 Å². The molecule has 1 aliphatic rings. The smallest absolute Gasteiger partial charge is 0.308 e. The van der Waals surface area contributed by atoms with Crippen LogP contribution in [-0.4, -0.2) is 24.9 Å². The van der Waals surface area contributed by atoms with Crippen LogP contribution >= 0.6 is 31.9 Å². The van der Waals surface area contributed by atoms with Gasteiger partial charge in [0.25, 0.3) is 11.8 Å². The lowest BCUT2D eigenvalue weighted by atomic mass is 10.1. The fraction of sp³-hybridized carbons (Fsp3) is 0.105. The maximum absolute atomic E-state index is 12.7. The van der Waals surface area contributed by atoms with Gasteiger partial charge in [-0.25, -0.2) is 5.01 Å². The van der Waals surface area contributed by atoms with Gasteiger partial charge in [0, 0.05) is 11.4 Å². The molecule has 0 unspecified atom stereocenters. The molecule has 0 saturated carbocycles. The summed E-state index contributed by atoms with van der Waals surface area (Å²) >= 11 is 6.66. The number of amides is 2. The van der Waals surface area contributed by atoms with E-state index < -0.39 is 17.8 Å². The minimum Gasteiger partial charge on any atom is -0.493 e. The summed E-state index contributed by atoms with van der Waals surface area (Å²) in [6, 6.07) is 10.2. The quantitative estimate of drug-likeness (QED) is 0.294. The van der Waals surface area contributed by atoms with Crippen LogP contribution in [0.1, 0.15) is 12.5 Å². The van der Waals surface area contributed by atoms with Crippen molar-refractivity contribution in [3.63, 3.8) is 0 Å². The van der Waals surface area contributed by atoms with Gasteiger partial charge in [0.2, 0.25) is 0 Å². The zero-order valence-corrected chi connectivity index (χ0v) is 18.0. The molecule has 1 heterocycles. The normalized spacial score (nSPS) is 15.0. The minimum atomic E-state index is -0.524. The van der Waals surface area contributed by atoms with Gasteiger partial charge < -0.3 is 9.47 Å².